The largest absolute Gasteiger partial charge is 0.355 e. The standard InChI is InChI=1S/C21H16Cl3N3O3/c22-14-4-1-3-13(11-14)18-12-17(25-30-18)21(29)27-9-7-26(8-10-27)20(28)15-5-2-6-16(23)19(15)24/h1-6,11-12H,7-10H2. The average Bonchev–Trinajstić information content (AvgIpc) is 3.25. The van der Waals surface area contributed by atoms with Gasteiger partial charge in [0, 0.05) is 42.8 Å². The molecule has 0 saturated carbocycles. The van der Waals surface area contributed by atoms with Crippen molar-refractivity contribution in [2.24, 2.45) is 0 Å². The summed E-state index contributed by atoms with van der Waals surface area (Å²) < 4.78 is 5.31. The number of halogens is 3. The van der Waals surface area contributed by atoms with E-state index in [1.54, 1.807) is 52.3 Å². The van der Waals surface area contributed by atoms with Crippen molar-refractivity contribution in [2.75, 3.05) is 26.2 Å². The summed E-state index contributed by atoms with van der Waals surface area (Å²) >= 11 is 18.2. The summed E-state index contributed by atoms with van der Waals surface area (Å²) in [4.78, 5) is 28.8. The van der Waals surface area contributed by atoms with Crippen molar-refractivity contribution in [3.05, 3.63) is 74.9 Å². The fourth-order valence-corrected chi connectivity index (χ4v) is 3.84. The zero-order valence-corrected chi connectivity index (χ0v) is 17.9. The Bertz CT molecular complexity index is 1110. The van der Waals surface area contributed by atoms with Gasteiger partial charge < -0.3 is 14.3 Å². The van der Waals surface area contributed by atoms with Gasteiger partial charge in [-0.05, 0) is 24.3 Å². The quantitative estimate of drug-likeness (QED) is 0.553. The summed E-state index contributed by atoms with van der Waals surface area (Å²) in [5.41, 5.74) is 1.30. The number of aromatic nitrogens is 1. The molecule has 3 aromatic rings. The topological polar surface area (TPSA) is 66.7 Å². The van der Waals surface area contributed by atoms with Crippen LogP contribution in [0.3, 0.4) is 0 Å². The van der Waals surface area contributed by atoms with Crippen LogP contribution in [-0.4, -0.2) is 52.9 Å². The van der Waals surface area contributed by atoms with Gasteiger partial charge in [-0.15, -0.1) is 0 Å². The van der Waals surface area contributed by atoms with Crippen LogP contribution >= 0.6 is 34.8 Å². The van der Waals surface area contributed by atoms with E-state index in [0.29, 0.717) is 47.5 Å². The van der Waals surface area contributed by atoms with Gasteiger partial charge in [-0.3, -0.25) is 9.59 Å². The van der Waals surface area contributed by atoms with Gasteiger partial charge in [0.15, 0.2) is 11.5 Å². The Morgan fingerprint density at radius 3 is 2.23 bits per heavy atom. The number of piperazine rings is 1. The van der Waals surface area contributed by atoms with E-state index in [9.17, 15) is 9.59 Å². The van der Waals surface area contributed by atoms with Crippen molar-refractivity contribution in [2.45, 2.75) is 0 Å². The Morgan fingerprint density at radius 1 is 0.867 bits per heavy atom. The third-order valence-corrected chi connectivity index (χ3v) is 5.93. The van der Waals surface area contributed by atoms with Gasteiger partial charge in [0.25, 0.3) is 11.8 Å². The van der Waals surface area contributed by atoms with E-state index in [0.717, 1.165) is 5.56 Å². The molecular weight excluding hydrogens is 449 g/mol. The second-order valence-electron chi connectivity index (χ2n) is 6.77. The Hall–Kier alpha value is -2.54. The lowest BCUT2D eigenvalue weighted by Gasteiger charge is -2.34. The predicted octanol–water partition coefficient (Wildman–Crippen LogP) is 4.90. The molecule has 30 heavy (non-hydrogen) atoms. The van der Waals surface area contributed by atoms with Gasteiger partial charge in [-0.1, -0.05) is 58.2 Å². The van der Waals surface area contributed by atoms with Crippen molar-refractivity contribution >= 4 is 46.6 Å². The molecule has 9 heteroatoms. The number of benzene rings is 2. The average molecular weight is 465 g/mol. The van der Waals surface area contributed by atoms with Crippen molar-refractivity contribution in [1.82, 2.24) is 15.0 Å². The lowest BCUT2D eigenvalue weighted by Crippen LogP contribution is -2.50. The Kier molecular flexibility index (Phi) is 5.99. The van der Waals surface area contributed by atoms with Gasteiger partial charge >= 0.3 is 0 Å². The number of carbonyl (C=O) groups excluding carboxylic acids is 2. The number of hydrogen-bond donors (Lipinski definition) is 0. The zero-order valence-electron chi connectivity index (χ0n) is 15.6. The third kappa shape index (κ3) is 4.17. The van der Waals surface area contributed by atoms with Gasteiger partial charge in [-0.2, -0.15) is 0 Å². The molecule has 0 radical (unpaired) electrons. The van der Waals surface area contributed by atoms with Crippen LogP contribution in [0, 0.1) is 0 Å². The molecule has 0 unspecified atom stereocenters. The van der Waals surface area contributed by atoms with E-state index in [-0.39, 0.29) is 22.5 Å². The molecule has 2 aromatic carbocycles. The normalized spacial score (nSPS) is 14.1. The molecule has 2 heterocycles. The molecule has 2 amide bonds. The van der Waals surface area contributed by atoms with Gasteiger partial charge in [0.05, 0.1) is 15.6 Å². The molecular formula is C21H16Cl3N3O3. The van der Waals surface area contributed by atoms with Gasteiger partial charge in [-0.25, -0.2) is 0 Å². The van der Waals surface area contributed by atoms with Crippen molar-refractivity contribution in [3.8, 4) is 11.3 Å². The lowest BCUT2D eigenvalue weighted by molar-refractivity contribution is 0.0530. The van der Waals surface area contributed by atoms with Crippen molar-refractivity contribution < 1.29 is 14.1 Å². The third-order valence-electron chi connectivity index (χ3n) is 4.87. The smallest absolute Gasteiger partial charge is 0.276 e. The van der Waals surface area contributed by atoms with E-state index >= 15 is 0 Å². The number of amides is 2. The highest BCUT2D eigenvalue weighted by Crippen LogP contribution is 2.27. The van der Waals surface area contributed by atoms with Crippen molar-refractivity contribution in [3.63, 3.8) is 0 Å². The molecule has 0 atom stereocenters. The van der Waals surface area contributed by atoms with Gasteiger partial charge in [0.2, 0.25) is 0 Å². The van der Waals surface area contributed by atoms with Gasteiger partial charge in [0.1, 0.15) is 0 Å². The van der Waals surface area contributed by atoms with Crippen LogP contribution in [0.1, 0.15) is 20.8 Å². The molecule has 4 rings (SSSR count). The van der Waals surface area contributed by atoms with Crippen molar-refractivity contribution in [1.29, 1.82) is 0 Å². The maximum atomic E-state index is 12.8. The minimum atomic E-state index is -0.250. The number of nitrogens with zero attached hydrogens (tertiary/aromatic N) is 3. The van der Waals surface area contributed by atoms with Crippen LogP contribution in [0.15, 0.2) is 53.1 Å². The Balaban J connectivity index is 1.41. The summed E-state index contributed by atoms with van der Waals surface area (Å²) in [6.45, 7) is 1.52. The zero-order chi connectivity index (χ0) is 21.3. The molecule has 0 bridgehead atoms. The first-order valence-electron chi connectivity index (χ1n) is 9.19. The summed E-state index contributed by atoms with van der Waals surface area (Å²) in [6.07, 6.45) is 0. The summed E-state index contributed by atoms with van der Waals surface area (Å²) in [5.74, 6) is 0.00412. The molecule has 1 aromatic heterocycles. The highest BCUT2D eigenvalue weighted by atomic mass is 35.5. The second kappa shape index (κ2) is 8.68. The highest BCUT2D eigenvalue weighted by Gasteiger charge is 2.28. The van der Waals surface area contributed by atoms with Crippen LogP contribution in [0.5, 0.6) is 0 Å². The van der Waals surface area contributed by atoms with E-state index in [4.69, 9.17) is 39.3 Å². The number of hydrogen-bond acceptors (Lipinski definition) is 4. The Morgan fingerprint density at radius 2 is 1.53 bits per heavy atom. The molecule has 0 aliphatic carbocycles. The fraction of sp³-hybridized carbons (Fsp3) is 0.190. The molecule has 1 saturated heterocycles. The first-order valence-corrected chi connectivity index (χ1v) is 10.3. The molecule has 154 valence electrons. The maximum Gasteiger partial charge on any atom is 0.276 e. The molecule has 0 spiro atoms. The first kappa shape index (κ1) is 20.7. The van der Waals surface area contributed by atoms with E-state index in [2.05, 4.69) is 5.16 Å². The number of carbonyl (C=O) groups is 2. The molecule has 6 nitrogen and oxygen atoms in total. The van der Waals surface area contributed by atoms with E-state index in [1.165, 1.54) is 0 Å². The summed E-state index contributed by atoms with van der Waals surface area (Å²) in [5, 5.41) is 5.03. The van der Waals surface area contributed by atoms with Crippen LogP contribution in [0.2, 0.25) is 15.1 Å². The second-order valence-corrected chi connectivity index (χ2v) is 7.99. The summed E-state index contributed by atoms with van der Waals surface area (Å²) in [6, 6.07) is 13.7. The fourth-order valence-electron chi connectivity index (χ4n) is 3.27. The first-order chi connectivity index (χ1) is 14.4. The Labute approximate surface area is 187 Å². The van der Waals surface area contributed by atoms with Crippen LogP contribution in [0.4, 0.5) is 0 Å². The minimum absolute atomic E-state index is 0.209. The lowest BCUT2D eigenvalue weighted by atomic mass is 10.1. The van der Waals surface area contributed by atoms with Crippen LogP contribution in [-0.2, 0) is 0 Å². The van der Waals surface area contributed by atoms with E-state index in [1.807, 2.05) is 6.07 Å². The maximum absolute atomic E-state index is 12.8. The van der Waals surface area contributed by atoms with Crippen LogP contribution < -0.4 is 0 Å². The SMILES string of the molecule is O=C(c1cc(-c2cccc(Cl)c2)on1)N1CCN(C(=O)c2cccc(Cl)c2Cl)CC1. The molecule has 0 N–H and O–H groups in total. The monoisotopic (exact) mass is 463 g/mol. The minimum Gasteiger partial charge on any atom is -0.355 e. The highest BCUT2D eigenvalue weighted by molar-refractivity contribution is 6.43. The predicted molar refractivity (Wildman–Crippen MR) is 115 cm³/mol. The van der Waals surface area contributed by atoms with Crippen LogP contribution in [0.25, 0.3) is 11.3 Å². The molecule has 1 aliphatic rings. The summed E-state index contributed by atoms with van der Waals surface area (Å²) in [7, 11) is 0. The molecule has 1 fully saturated rings. The number of rotatable bonds is 3. The molecule has 1 aliphatic heterocycles. The van der Waals surface area contributed by atoms with E-state index < -0.39 is 0 Å².